The van der Waals surface area contributed by atoms with Gasteiger partial charge in [-0.05, 0) is 48.4 Å². The van der Waals surface area contributed by atoms with Gasteiger partial charge in [-0.25, -0.2) is 0 Å². The Morgan fingerprint density at radius 3 is 2.85 bits per heavy atom. The number of hydrogen-bond donors (Lipinski definition) is 1. The lowest BCUT2D eigenvalue weighted by atomic mass is 9.96. The molecule has 3 heterocycles. The van der Waals surface area contributed by atoms with Gasteiger partial charge in [-0.15, -0.1) is 11.3 Å². The van der Waals surface area contributed by atoms with Crippen molar-refractivity contribution >= 4 is 28.7 Å². The van der Waals surface area contributed by atoms with Crippen molar-refractivity contribution in [3.05, 3.63) is 51.2 Å². The Kier molecular flexibility index (Phi) is 3.76. The Bertz CT molecular complexity index is 899. The first-order valence-corrected chi connectivity index (χ1v) is 10.4. The summed E-state index contributed by atoms with van der Waals surface area (Å²) in [5, 5.41) is 2.20. The molecule has 0 radical (unpaired) electrons. The summed E-state index contributed by atoms with van der Waals surface area (Å²) in [7, 11) is 0. The molecule has 1 fully saturated rings. The summed E-state index contributed by atoms with van der Waals surface area (Å²) in [6.07, 6.45) is 4.51. The van der Waals surface area contributed by atoms with Crippen LogP contribution < -0.4 is 9.80 Å². The van der Waals surface area contributed by atoms with Gasteiger partial charge in [0.15, 0.2) is 6.67 Å². The second-order valence-electron chi connectivity index (χ2n) is 7.70. The Morgan fingerprint density at radius 2 is 2.08 bits per heavy atom. The zero-order valence-corrected chi connectivity index (χ0v) is 15.8. The normalized spacial score (nSPS) is 24.7. The number of thiophene rings is 1. The van der Waals surface area contributed by atoms with Crippen LogP contribution in [0.15, 0.2) is 29.6 Å². The average molecular weight is 367 g/mol. The molecule has 0 spiro atoms. The number of Topliss-reactive ketones (excluding diaryl/α,β-unsaturated/α-hetero) is 1. The molecule has 4 nitrogen and oxygen atoms in total. The van der Waals surface area contributed by atoms with E-state index in [2.05, 4.69) is 18.4 Å². The fourth-order valence-corrected chi connectivity index (χ4v) is 5.53. The minimum atomic E-state index is -0.355. The quantitative estimate of drug-likeness (QED) is 0.843. The van der Waals surface area contributed by atoms with Crippen molar-refractivity contribution in [3.63, 3.8) is 0 Å². The number of amides is 1. The number of hydrogen-bond acceptors (Lipinski definition) is 3. The maximum Gasteiger partial charge on any atom is 0.303 e. The second kappa shape index (κ2) is 6.03. The van der Waals surface area contributed by atoms with Crippen molar-refractivity contribution in [1.82, 2.24) is 0 Å². The van der Waals surface area contributed by atoms with Gasteiger partial charge in [0.25, 0.3) is 5.78 Å². The van der Waals surface area contributed by atoms with E-state index < -0.39 is 0 Å². The molecule has 1 aliphatic carbocycles. The van der Waals surface area contributed by atoms with Crippen LogP contribution in [-0.4, -0.2) is 24.9 Å². The van der Waals surface area contributed by atoms with Crippen LogP contribution >= 0.6 is 11.3 Å². The van der Waals surface area contributed by atoms with Crippen molar-refractivity contribution in [2.24, 2.45) is 5.92 Å². The van der Waals surface area contributed by atoms with Gasteiger partial charge in [0, 0.05) is 22.8 Å². The molecule has 0 saturated heterocycles. The third-order valence-electron chi connectivity index (χ3n) is 6.13. The van der Waals surface area contributed by atoms with Gasteiger partial charge in [-0.1, -0.05) is 13.0 Å². The lowest BCUT2D eigenvalue weighted by molar-refractivity contribution is -0.935. The second-order valence-corrected chi connectivity index (χ2v) is 8.70. The minimum Gasteiger partial charge on any atom is -0.311 e. The molecular formula is C21H23N2O2S+. The van der Waals surface area contributed by atoms with Crippen LogP contribution in [0.1, 0.15) is 52.2 Å². The van der Waals surface area contributed by atoms with Crippen molar-refractivity contribution in [1.29, 1.82) is 0 Å². The summed E-state index contributed by atoms with van der Waals surface area (Å²) in [6.45, 7) is 3.70. The molecule has 2 aromatic rings. The van der Waals surface area contributed by atoms with E-state index in [0.717, 1.165) is 36.6 Å². The molecule has 1 aromatic heterocycles. The van der Waals surface area contributed by atoms with E-state index in [1.807, 2.05) is 29.5 Å². The number of nitrogens with zero attached hydrogens (tertiary/aromatic N) is 1. The highest BCUT2D eigenvalue weighted by Crippen LogP contribution is 2.42. The fraction of sp³-hybridized carbons (Fsp3) is 0.429. The van der Waals surface area contributed by atoms with Crippen molar-refractivity contribution in [3.8, 4) is 0 Å². The van der Waals surface area contributed by atoms with Crippen LogP contribution in [0.5, 0.6) is 0 Å². The number of nitrogens with one attached hydrogen (secondary N) is 1. The summed E-state index contributed by atoms with van der Waals surface area (Å²) in [5.74, 6) is 0.0336. The van der Waals surface area contributed by atoms with Crippen molar-refractivity contribution < 1.29 is 14.5 Å². The molecule has 0 bridgehead atoms. The molecule has 26 heavy (non-hydrogen) atoms. The van der Waals surface area contributed by atoms with E-state index in [-0.39, 0.29) is 11.7 Å². The molecule has 134 valence electrons. The van der Waals surface area contributed by atoms with Gasteiger partial charge in [-0.2, -0.15) is 0 Å². The summed E-state index contributed by atoms with van der Waals surface area (Å²) in [5.41, 5.74) is 3.98. The van der Waals surface area contributed by atoms with Gasteiger partial charge in [0.2, 0.25) is 0 Å². The Labute approximate surface area is 157 Å². The number of rotatable bonds is 4. The van der Waals surface area contributed by atoms with Crippen LogP contribution in [0.2, 0.25) is 0 Å². The van der Waals surface area contributed by atoms with Gasteiger partial charge in [0.1, 0.15) is 6.04 Å². The fourth-order valence-electron chi connectivity index (χ4n) is 4.60. The van der Waals surface area contributed by atoms with Crippen LogP contribution in [0.4, 0.5) is 5.69 Å². The van der Waals surface area contributed by atoms with Gasteiger partial charge in [0.05, 0.1) is 17.8 Å². The van der Waals surface area contributed by atoms with Gasteiger partial charge in [-0.3, -0.25) is 14.5 Å². The number of carbonyl (C=O) groups excluding carboxylic acids is 2. The molecule has 5 heteroatoms. The van der Waals surface area contributed by atoms with Crippen molar-refractivity contribution in [2.45, 2.75) is 38.6 Å². The number of benzene rings is 1. The highest BCUT2D eigenvalue weighted by molar-refractivity contribution is 7.10. The number of carbonyl (C=O) groups is 2. The third-order valence-corrected chi connectivity index (χ3v) is 7.12. The molecule has 1 unspecified atom stereocenters. The number of anilines is 1. The number of aryl methyl sites for hydroxylation is 1. The molecule has 1 aromatic carbocycles. The summed E-state index contributed by atoms with van der Waals surface area (Å²) >= 11 is 1.86. The molecule has 2 atom stereocenters. The molecule has 5 rings (SSSR count). The molecule has 1 N–H and O–H groups in total. The smallest absolute Gasteiger partial charge is 0.303 e. The Hall–Kier alpha value is -1.98. The summed E-state index contributed by atoms with van der Waals surface area (Å²) < 4.78 is 0. The molecule has 1 saturated carbocycles. The average Bonchev–Trinajstić information content (AvgIpc) is 3.34. The monoisotopic (exact) mass is 367 g/mol. The largest absolute Gasteiger partial charge is 0.311 e. The van der Waals surface area contributed by atoms with E-state index in [1.54, 1.807) is 4.90 Å². The zero-order chi connectivity index (χ0) is 17.8. The summed E-state index contributed by atoms with van der Waals surface area (Å²) in [6, 6.07) is 8.66. The maximum absolute atomic E-state index is 12.7. The highest BCUT2D eigenvalue weighted by atomic mass is 32.1. The standard InChI is InChI=1S/C21H22N2O2S/c1-2-13-3-6-17-16(11-13)20(24)21(25)23(17)12-22-9-7-18-15(8-10-26-18)19(22)14-4-5-14/h3,6,8,10-11,14,19H,2,4-5,7,9,12H2,1H3/p+1/t19-/m0/s1. The van der Waals surface area contributed by atoms with Crippen LogP contribution in [-0.2, 0) is 17.6 Å². The lowest BCUT2D eigenvalue weighted by Gasteiger charge is -2.35. The topological polar surface area (TPSA) is 41.8 Å². The van der Waals surface area contributed by atoms with E-state index in [9.17, 15) is 9.59 Å². The van der Waals surface area contributed by atoms with Gasteiger partial charge < -0.3 is 4.90 Å². The third kappa shape index (κ3) is 2.45. The van der Waals surface area contributed by atoms with Crippen LogP contribution in [0, 0.1) is 5.92 Å². The Balaban J connectivity index is 1.47. The highest BCUT2D eigenvalue weighted by Gasteiger charge is 2.46. The SMILES string of the molecule is CCc1ccc2c(c1)C(=O)C(=O)N2C[NH+]1CCc2sccc2[C@@H]1C1CC1. The number of quaternary nitrogens is 1. The first-order valence-electron chi connectivity index (χ1n) is 9.57. The number of fused-ring (bicyclic) bond motifs is 2. The molecular weight excluding hydrogens is 344 g/mol. The zero-order valence-electron chi connectivity index (χ0n) is 15.0. The maximum atomic E-state index is 12.7. The summed E-state index contributed by atoms with van der Waals surface area (Å²) in [4.78, 5) is 29.9. The van der Waals surface area contributed by atoms with Gasteiger partial charge >= 0.3 is 5.91 Å². The van der Waals surface area contributed by atoms with Crippen LogP contribution in [0.25, 0.3) is 0 Å². The van der Waals surface area contributed by atoms with E-state index in [1.165, 1.54) is 28.2 Å². The first kappa shape index (κ1) is 16.2. The van der Waals surface area contributed by atoms with E-state index in [4.69, 9.17) is 0 Å². The van der Waals surface area contributed by atoms with Crippen LogP contribution in [0.3, 0.4) is 0 Å². The molecule has 3 aliphatic rings. The molecule has 1 amide bonds. The van der Waals surface area contributed by atoms with E-state index in [0.29, 0.717) is 18.3 Å². The van der Waals surface area contributed by atoms with Crippen molar-refractivity contribution in [2.75, 3.05) is 18.1 Å². The minimum absolute atomic E-state index is 0.342. The Morgan fingerprint density at radius 1 is 1.23 bits per heavy atom. The predicted molar refractivity (Wildman–Crippen MR) is 102 cm³/mol. The molecule has 2 aliphatic heterocycles. The number of ketones is 1. The first-order chi connectivity index (χ1) is 12.7. The predicted octanol–water partition coefficient (Wildman–Crippen LogP) is 2.39. The van der Waals surface area contributed by atoms with E-state index >= 15 is 0 Å². The lowest BCUT2D eigenvalue weighted by Crippen LogP contribution is -3.15.